The maximum Gasteiger partial charge on any atom is 0.513 e. The molecule has 1 aromatic heterocycles. The summed E-state index contributed by atoms with van der Waals surface area (Å²) in [7, 11) is 1.25. The lowest BCUT2D eigenvalue weighted by molar-refractivity contribution is 0.121. The molecule has 0 spiro atoms. The molecule has 1 aromatic carbocycles. The minimum Gasteiger partial charge on any atom is -0.441 e. The number of nitrogens with zero attached hydrogens (tertiary/aromatic N) is 1. The highest BCUT2D eigenvalue weighted by atomic mass is 16.7. The highest BCUT2D eigenvalue weighted by molar-refractivity contribution is 5.75. The Balaban J connectivity index is 2.33. The Bertz CT molecular complexity index is 503. The summed E-state index contributed by atoms with van der Waals surface area (Å²) in [6, 6.07) is 4.92. The SMILES string of the molecule is COC(=O)Oc1ccc2oc(C)nc2c1. The van der Waals surface area contributed by atoms with E-state index in [4.69, 9.17) is 9.15 Å². The minimum absolute atomic E-state index is 0.377. The van der Waals surface area contributed by atoms with Crippen molar-refractivity contribution >= 4 is 17.3 Å². The van der Waals surface area contributed by atoms with Crippen LogP contribution >= 0.6 is 0 Å². The van der Waals surface area contributed by atoms with E-state index in [0.717, 1.165) is 0 Å². The summed E-state index contributed by atoms with van der Waals surface area (Å²) < 4.78 is 14.5. The Labute approximate surface area is 85.6 Å². The number of carbonyl (C=O) groups is 1. The van der Waals surface area contributed by atoms with Crippen LogP contribution in [0.25, 0.3) is 11.1 Å². The van der Waals surface area contributed by atoms with Crippen LogP contribution in [0, 0.1) is 6.92 Å². The molecule has 5 nitrogen and oxygen atoms in total. The second kappa shape index (κ2) is 3.61. The van der Waals surface area contributed by atoms with Gasteiger partial charge >= 0.3 is 6.16 Å². The molecular weight excluding hydrogens is 198 g/mol. The average Bonchev–Trinajstić information content (AvgIpc) is 2.57. The molecule has 0 aliphatic carbocycles. The van der Waals surface area contributed by atoms with Crippen molar-refractivity contribution in [3.05, 3.63) is 24.1 Å². The zero-order valence-corrected chi connectivity index (χ0v) is 8.31. The summed E-state index contributed by atoms with van der Waals surface area (Å²) in [6.45, 7) is 1.75. The zero-order chi connectivity index (χ0) is 10.8. The van der Waals surface area contributed by atoms with Gasteiger partial charge in [0.1, 0.15) is 11.3 Å². The Kier molecular flexibility index (Phi) is 2.29. The smallest absolute Gasteiger partial charge is 0.441 e. The van der Waals surface area contributed by atoms with Crippen LogP contribution in [0.1, 0.15) is 5.89 Å². The van der Waals surface area contributed by atoms with Crippen molar-refractivity contribution in [2.24, 2.45) is 0 Å². The monoisotopic (exact) mass is 207 g/mol. The number of oxazole rings is 1. The van der Waals surface area contributed by atoms with Crippen molar-refractivity contribution in [3.8, 4) is 5.75 Å². The van der Waals surface area contributed by atoms with Crippen LogP contribution in [0.5, 0.6) is 5.75 Å². The molecule has 5 heteroatoms. The first-order valence-corrected chi connectivity index (χ1v) is 4.32. The molecule has 0 amide bonds. The first kappa shape index (κ1) is 9.51. The van der Waals surface area contributed by atoms with Gasteiger partial charge in [-0.2, -0.15) is 0 Å². The number of carbonyl (C=O) groups excluding carboxylic acids is 1. The predicted molar refractivity (Wildman–Crippen MR) is 51.8 cm³/mol. The van der Waals surface area contributed by atoms with Gasteiger partial charge in [0.15, 0.2) is 11.5 Å². The van der Waals surface area contributed by atoms with Gasteiger partial charge in [-0.15, -0.1) is 0 Å². The van der Waals surface area contributed by atoms with Crippen LogP contribution in [-0.2, 0) is 4.74 Å². The quantitative estimate of drug-likeness (QED) is 0.530. The second-order valence-electron chi connectivity index (χ2n) is 2.92. The molecule has 0 saturated heterocycles. The zero-order valence-electron chi connectivity index (χ0n) is 8.31. The van der Waals surface area contributed by atoms with Crippen LogP contribution < -0.4 is 4.74 Å². The van der Waals surface area contributed by atoms with Gasteiger partial charge in [0, 0.05) is 13.0 Å². The summed E-state index contributed by atoms with van der Waals surface area (Å²) in [5.41, 5.74) is 1.30. The summed E-state index contributed by atoms with van der Waals surface area (Å²) in [6.07, 6.45) is -0.755. The molecule has 0 atom stereocenters. The third-order valence-electron chi connectivity index (χ3n) is 1.83. The minimum atomic E-state index is -0.755. The fourth-order valence-corrected chi connectivity index (χ4v) is 1.22. The Morgan fingerprint density at radius 2 is 2.27 bits per heavy atom. The van der Waals surface area contributed by atoms with Crippen molar-refractivity contribution in [1.82, 2.24) is 4.98 Å². The number of fused-ring (bicyclic) bond motifs is 1. The maximum atomic E-state index is 10.8. The van der Waals surface area contributed by atoms with Crippen molar-refractivity contribution in [2.75, 3.05) is 7.11 Å². The van der Waals surface area contributed by atoms with Crippen LogP contribution in [0.3, 0.4) is 0 Å². The number of methoxy groups -OCH3 is 1. The fraction of sp³-hybridized carbons (Fsp3) is 0.200. The predicted octanol–water partition coefficient (Wildman–Crippen LogP) is 2.28. The van der Waals surface area contributed by atoms with Gasteiger partial charge < -0.3 is 13.9 Å². The largest absolute Gasteiger partial charge is 0.513 e. The number of rotatable bonds is 1. The van der Waals surface area contributed by atoms with Crippen molar-refractivity contribution in [2.45, 2.75) is 6.92 Å². The molecule has 0 unspecified atom stereocenters. The normalized spacial score (nSPS) is 10.3. The van der Waals surface area contributed by atoms with E-state index in [9.17, 15) is 4.79 Å². The fourth-order valence-electron chi connectivity index (χ4n) is 1.22. The number of hydrogen-bond acceptors (Lipinski definition) is 5. The lowest BCUT2D eigenvalue weighted by atomic mass is 10.3. The Hall–Kier alpha value is -2.04. The molecule has 0 radical (unpaired) electrons. The van der Waals surface area contributed by atoms with Crippen LogP contribution in [-0.4, -0.2) is 18.2 Å². The molecular formula is C10H9NO4. The number of aryl methyl sites for hydroxylation is 1. The van der Waals surface area contributed by atoms with Crippen LogP contribution in [0.15, 0.2) is 22.6 Å². The van der Waals surface area contributed by atoms with Crippen LogP contribution in [0.4, 0.5) is 4.79 Å². The molecule has 0 bridgehead atoms. The molecule has 2 rings (SSSR count). The standard InChI is InChI=1S/C10H9NO4/c1-6-11-8-5-7(15-10(12)13-2)3-4-9(8)14-6/h3-5H,1-2H3. The van der Waals surface area contributed by atoms with E-state index in [1.807, 2.05) is 0 Å². The third-order valence-corrected chi connectivity index (χ3v) is 1.83. The lowest BCUT2D eigenvalue weighted by Gasteiger charge is -2.00. The van der Waals surface area contributed by atoms with Crippen molar-refractivity contribution < 1.29 is 18.7 Å². The van der Waals surface area contributed by atoms with Gasteiger partial charge in [0.05, 0.1) is 7.11 Å². The van der Waals surface area contributed by atoms with E-state index in [1.54, 1.807) is 25.1 Å². The number of benzene rings is 1. The molecule has 0 fully saturated rings. The van der Waals surface area contributed by atoms with Gasteiger partial charge in [-0.25, -0.2) is 9.78 Å². The van der Waals surface area contributed by atoms with E-state index >= 15 is 0 Å². The third kappa shape index (κ3) is 1.90. The molecule has 0 N–H and O–H groups in total. The molecule has 15 heavy (non-hydrogen) atoms. The number of aromatic nitrogens is 1. The van der Waals surface area contributed by atoms with E-state index in [2.05, 4.69) is 9.72 Å². The highest BCUT2D eigenvalue weighted by Crippen LogP contribution is 2.21. The summed E-state index contributed by atoms with van der Waals surface area (Å²) in [5, 5.41) is 0. The first-order valence-electron chi connectivity index (χ1n) is 4.32. The number of ether oxygens (including phenoxy) is 2. The first-order chi connectivity index (χ1) is 7.19. The van der Waals surface area contributed by atoms with Gasteiger partial charge in [-0.1, -0.05) is 0 Å². The number of hydrogen-bond donors (Lipinski definition) is 0. The van der Waals surface area contributed by atoms with Gasteiger partial charge in [0.2, 0.25) is 0 Å². The Morgan fingerprint density at radius 1 is 1.47 bits per heavy atom. The van der Waals surface area contributed by atoms with Crippen molar-refractivity contribution in [1.29, 1.82) is 0 Å². The maximum absolute atomic E-state index is 10.8. The van der Waals surface area contributed by atoms with E-state index in [-0.39, 0.29) is 0 Å². The average molecular weight is 207 g/mol. The van der Waals surface area contributed by atoms with E-state index in [1.165, 1.54) is 7.11 Å². The topological polar surface area (TPSA) is 61.6 Å². The van der Waals surface area contributed by atoms with Gasteiger partial charge in [0.25, 0.3) is 0 Å². The second-order valence-corrected chi connectivity index (χ2v) is 2.92. The molecule has 0 saturated carbocycles. The van der Waals surface area contributed by atoms with E-state index in [0.29, 0.717) is 22.7 Å². The van der Waals surface area contributed by atoms with E-state index < -0.39 is 6.16 Å². The molecule has 78 valence electrons. The molecule has 2 aromatic rings. The van der Waals surface area contributed by atoms with Crippen LogP contribution in [0.2, 0.25) is 0 Å². The lowest BCUT2D eigenvalue weighted by Crippen LogP contribution is -2.06. The molecule has 0 aliphatic heterocycles. The molecule has 0 aliphatic rings. The Morgan fingerprint density at radius 3 is 3.00 bits per heavy atom. The van der Waals surface area contributed by atoms with Gasteiger partial charge in [-0.05, 0) is 12.1 Å². The van der Waals surface area contributed by atoms with Crippen molar-refractivity contribution in [3.63, 3.8) is 0 Å². The van der Waals surface area contributed by atoms with Gasteiger partial charge in [-0.3, -0.25) is 0 Å². The molecule has 1 heterocycles. The summed E-state index contributed by atoms with van der Waals surface area (Å²) >= 11 is 0. The highest BCUT2D eigenvalue weighted by Gasteiger charge is 2.07. The summed E-state index contributed by atoms with van der Waals surface area (Å²) in [5.74, 6) is 0.947. The summed E-state index contributed by atoms with van der Waals surface area (Å²) in [4.78, 5) is 14.9.